The van der Waals surface area contributed by atoms with Crippen molar-refractivity contribution in [3.8, 4) is 0 Å². The summed E-state index contributed by atoms with van der Waals surface area (Å²) in [4.78, 5) is 0. The molecule has 3 heteroatoms. The summed E-state index contributed by atoms with van der Waals surface area (Å²) in [6.07, 6.45) is 1.94. The highest BCUT2D eigenvalue weighted by Crippen LogP contribution is 2.34. The second-order valence-electron chi connectivity index (χ2n) is 6.03. The number of aliphatic hydroxyl groups excluding tert-OH is 1. The summed E-state index contributed by atoms with van der Waals surface area (Å²) in [7, 11) is 0. The number of hydrogen-bond acceptors (Lipinski definition) is 3. The van der Waals surface area contributed by atoms with Gasteiger partial charge in [-0.1, -0.05) is 24.3 Å². The van der Waals surface area contributed by atoms with E-state index in [1.54, 1.807) is 0 Å². The van der Waals surface area contributed by atoms with Crippen LogP contribution >= 0.6 is 0 Å². The van der Waals surface area contributed by atoms with Crippen molar-refractivity contribution in [1.82, 2.24) is 0 Å². The predicted molar refractivity (Wildman–Crippen MR) is 86.9 cm³/mol. The van der Waals surface area contributed by atoms with Crippen LogP contribution in [-0.2, 0) is 17.6 Å². The van der Waals surface area contributed by atoms with E-state index in [1.807, 2.05) is 13.8 Å². The smallest absolute Gasteiger partial charge is 0.0945 e. The third-order valence-electron chi connectivity index (χ3n) is 4.03. The molecule has 0 bridgehead atoms. The SMILES string of the molecule is CC(C)OC[C@H](O)CNc1ccc2c3c(cccc13)CC2. The zero-order chi connectivity index (χ0) is 14.8. The van der Waals surface area contributed by atoms with Gasteiger partial charge in [0.2, 0.25) is 0 Å². The molecule has 3 rings (SSSR count). The van der Waals surface area contributed by atoms with Crippen molar-refractivity contribution in [3.63, 3.8) is 0 Å². The summed E-state index contributed by atoms with van der Waals surface area (Å²) in [6.45, 7) is 4.82. The topological polar surface area (TPSA) is 41.5 Å². The lowest BCUT2D eigenvalue weighted by Gasteiger charge is -2.16. The maximum absolute atomic E-state index is 9.97. The molecule has 0 radical (unpaired) electrons. The van der Waals surface area contributed by atoms with Gasteiger partial charge in [0.25, 0.3) is 0 Å². The van der Waals surface area contributed by atoms with Gasteiger partial charge in [-0.05, 0) is 49.3 Å². The van der Waals surface area contributed by atoms with Crippen molar-refractivity contribution in [3.05, 3.63) is 41.5 Å². The van der Waals surface area contributed by atoms with Crippen molar-refractivity contribution in [2.24, 2.45) is 0 Å². The minimum absolute atomic E-state index is 0.149. The Bertz CT molecular complexity index is 626. The van der Waals surface area contributed by atoms with Gasteiger partial charge in [-0.15, -0.1) is 0 Å². The maximum atomic E-state index is 9.97. The van der Waals surface area contributed by atoms with Crippen molar-refractivity contribution in [2.45, 2.75) is 38.9 Å². The molecule has 0 aliphatic heterocycles. The molecule has 112 valence electrons. The van der Waals surface area contributed by atoms with Crippen LogP contribution in [0.25, 0.3) is 10.8 Å². The first-order valence-corrected chi connectivity index (χ1v) is 7.72. The molecule has 0 spiro atoms. The Morgan fingerprint density at radius 3 is 2.67 bits per heavy atom. The zero-order valence-electron chi connectivity index (χ0n) is 12.7. The fourth-order valence-electron chi connectivity index (χ4n) is 2.99. The van der Waals surface area contributed by atoms with Crippen LogP contribution in [0.15, 0.2) is 30.3 Å². The van der Waals surface area contributed by atoms with Crippen LogP contribution in [0.3, 0.4) is 0 Å². The number of benzene rings is 2. The Morgan fingerprint density at radius 1 is 1.14 bits per heavy atom. The molecule has 2 N–H and O–H groups in total. The van der Waals surface area contributed by atoms with Gasteiger partial charge in [0, 0.05) is 17.6 Å². The van der Waals surface area contributed by atoms with Crippen molar-refractivity contribution in [2.75, 3.05) is 18.5 Å². The number of rotatable bonds is 6. The number of aryl methyl sites for hydroxylation is 2. The van der Waals surface area contributed by atoms with Gasteiger partial charge >= 0.3 is 0 Å². The molecule has 21 heavy (non-hydrogen) atoms. The quantitative estimate of drug-likeness (QED) is 0.857. The molecule has 0 saturated carbocycles. The third-order valence-corrected chi connectivity index (χ3v) is 4.03. The number of anilines is 1. The number of nitrogens with one attached hydrogen (secondary N) is 1. The van der Waals surface area contributed by atoms with E-state index in [0.717, 1.165) is 18.5 Å². The van der Waals surface area contributed by atoms with E-state index in [0.29, 0.717) is 13.2 Å². The summed E-state index contributed by atoms with van der Waals surface area (Å²) in [5, 5.41) is 16.0. The van der Waals surface area contributed by atoms with Crippen LogP contribution in [0.1, 0.15) is 25.0 Å². The van der Waals surface area contributed by atoms with Gasteiger partial charge in [-0.2, -0.15) is 0 Å². The Hall–Kier alpha value is -1.58. The number of aliphatic hydroxyl groups is 1. The second kappa shape index (κ2) is 6.04. The average Bonchev–Trinajstić information content (AvgIpc) is 2.90. The Kier molecular flexibility index (Phi) is 4.13. The fourth-order valence-corrected chi connectivity index (χ4v) is 2.99. The average molecular weight is 285 g/mol. The van der Waals surface area contributed by atoms with Crippen LogP contribution in [0.5, 0.6) is 0 Å². The lowest BCUT2D eigenvalue weighted by atomic mass is 10.0. The normalized spacial score (nSPS) is 14.9. The van der Waals surface area contributed by atoms with Gasteiger partial charge in [-0.3, -0.25) is 0 Å². The summed E-state index contributed by atoms with van der Waals surface area (Å²) in [5.74, 6) is 0. The number of hydrogen-bond donors (Lipinski definition) is 2. The second-order valence-corrected chi connectivity index (χ2v) is 6.03. The Morgan fingerprint density at radius 2 is 1.90 bits per heavy atom. The summed E-state index contributed by atoms with van der Waals surface area (Å²) >= 11 is 0. The molecule has 1 aliphatic carbocycles. The van der Waals surface area contributed by atoms with Gasteiger partial charge in [0.05, 0.1) is 18.8 Å². The zero-order valence-corrected chi connectivity index (χ0v) is 12.7. The first-order chi connectivity index (χ1) is 10.1. The summed E-state index contributed by atoms with van der Waals surface area (Å²) < 4.78 is 5.44. The largest absolute Gasteiger partial charge is 0.389 e. The van der Waals surface area contributed by atoms with E-state index in [9.17, 15) is 5.11 Å². The van der Waals surface area contributed by atoms with Crippen molar-refractivity contribution in [1.29, 1.82) is 0 Å². The van der Waals surface area contributed by atoms with Crippen LogP contribution < -0.4 is 5.32 Å². The monoisotopic (exact) mass is 285 g/mol. The molecular formula is C18H23NO2. The Balaban J connectivity index is 1.74. The molecular weight excluding hydrogens is 262 g/mol. The van der Waals surface area contributed by atoms with Crippen LogP contribution in [0.4, 0.5) is 5.69 Å². The van der Waals surface area contributed by atoms with E-state index >= 15 is 0 Å². The number of ether oxygens (including phenoxy) is 1. The van der Waals surface area contributed by atoms with Gasteiger partial charge < -0.3 is 15.2 Å². The minimum Gasteiger partial charge on any atom is -0.389 e. The molecule has 2 aromatic carbocycles. The molecule has 0 fully saturated rings. The van der Waals surface area contributed by atoms with Crippen LogP contribution in [0.2, 0.25) is 0 Å². The maximum Gasteiger partial charge on any atom is 0.0945 e. The fraction of sp³-hybridized carbons (Fsp3) is 0.444. The third kappa shape index (κ3) is 3.04. The predicted octanol–water partition coefficient (Wildman–Crippen LogP) is 3.14. The minimum atomic E-state index is -0.490. The highest BCUT2D eigenvalue weighted by molar-refractivity contribution is 5.99. The highest BCUT2D eigenvalue weighted by atomic mass is 16.5. The van der Waals surface area contributed by atoms with E-state index in [2.05, 4.69) is 35.6 Å². The summed E-state index contributed by atoms with van der Waals surface area (Å²) in [5.41, 5.74) is 3.98. The van der Waals surface area contributed by atoms with E-state index in [-0.39, 0.29) is 6.10 Å². The van der Waals surface area contributed by atoms with Gasteiger partial charge in [0.1, 0.15) is 0 Å². The van der Waals surface area contributed by atoms with Gasteiger partial charge in [-0.25, -0.2) is 0 Å². The van der Waals surface area contributed by atoms with E-state index in [1.165, 1.54) is 21.9 Å². The lowest BCUT2D eigenvalue weighted by Crippen LogP contribution is -2.26. The van der Waals surface area contributed by atoms with Crippen LogP contribution in [0, 0.1) is 0 Å². The van der Waals surface area contributed by atoms with Crippen LogP contribution in [-0.4, -0.2) is 30.5 Å². The molecule has 0 saturated heterocycles. The molecule has 0 amide bonds. The van der Waals surface area contributed by atoms with Crippen molar-refractivity contribution < 1.29 is 9.84 Å². The van der Waals surface area contributed by atoms with Crippen molar-refractivity contribution >= 4 is 16.5 Å². The molecule has 2 aromatic rings. The molecule has 3 nitrogen and oxygen atoms in total. The molecule has 1 atom stereocenters. The Labute approximate surface area is 125 Å². The van der Waals surface area contributed by atoms with E-state index in [4.69, 9.17) is 4.74 Å². The van der Waals surface area contributed by atoms with Gasteiger partial charge in [0.15, 0.2) is 0 Å². The molecule has 1 aliphatic rings. The molecule has 0 aromatic heterocycles. The summed E-state index contributed by atoms with van der Waals surface area (Å²) in [6, 6.07) is 10.8. The molecule has 0 unspecified atom stereocenters. The standard InChI is InChI=1S/C18H23NO2/c1-12(2)21-11-15(20)10-19-17-9-8-14-7-6-13-4-3-5-16(17)18(13)14/h3-5,8-9,12,15,19-20H,6-7,10-11H2,1-2H3/t15-/m1/s1. The molecule has 0 heterocycles. The highest BCUT2D eigenvalue weighted by Gasteiger charge is 2.16. The lowest BCUT2D eigenvalue weighted by molar-refractivity contribution is 0.0112. The van der Waals surface area contributed by atoms with E-state index < -0.39 is 6.10 Å². The first-order valence-electron chi connectivity index (χ1n) is 7.72. The first kappa shape index (κ1) is 14.4.